The van der Waals surface area contributed by atoms with Crippen LogP contribution in [-0.4, -0.2) is 22.0 Å². The normalized spacial score (nSPS) is 26.0. The largest absolute Gasteiger partial charge is 0.412 e. The number of nitrogens with one attached hydrogen (secondary N) is 1. The molecule has 1 aromatic rings. The van der Waals surface area contributed by atoms with Crippen molar-refractivity contribution in [2.75, 3.05) is 0 Å². The third kappa shape index (κ3) is 2.90. The first-order valence-electron chi connectivity index (χ1n) is 6.04. The Kier molecular flexibility index (Phi) is 4.01. The van der Waals surface area contributed by atoms with Gasteiger partial charge in [-0.25, -0.2) is 4.39 Å². The molecule has 0 saturated carbocycles. The average molecular weight is 320 g/mol. The van der Waals surface area contributed by atoms with Crippen LogP contribution in [0.2, 0.25) is 0 Å². The van der Waals surface area contributed by atoms with Crippen LogP contribution in [0.5, 0.6) is 0 Å². The molecule has 1 fully saturated rings. The zero-order chi connectivity index (χ0) is 15.8. The summed E-state index contributed by atoms with van der Waals surface area (Å²) >= 11 is 0.299. The standard InChI is InChI=1S/C13H12F4N2OS/c1-7(8-5-3-4-6-9(8)14)18-11-19-10(20)12(2,21-11)13(15,16)17/h3-7H,1-2H3,(H,18,19,20)/t7-,12+/m0/s1. The molecule has 0 aliphatic carbocycles. The van der Waals surface area contributed by atoms with Gasteiger partial charge in [-0.15, -0.1) is 0 Å². The molecule has 0 aromatic heterocycles. The lowest BCUT2D eigenvalue weighted by Gasteiger charge is -2.21. The molecule has 114 valence electrons. The number of amides is 1. The Morgan fingerprint density at radius 1 is 1.33 bits per heavy atom. The number of hydrogen-bond acceptors (Lipinski definition) is 3. The molecule has 0 unspecified atom stereocenters. The van der Waals surface area contributed by atoms with E-state index in [2.05, 4.69) is 10.3 Å². The number of carbonyl (C=O) groups excluding carboxylic acids is 1. The van der Waals surface area contributed by atoms with Crippen LogP contribution in [-0.2, 0) is 4.79 Å². The summed E-state index contributed by atoms with van der Waals surface area (Å²) < 4.78 is 49.7. The fourth-order valence-corrected chi connectivity index (χ4v) is 2.79. The van der Waals surface area contributed by atoms with E-state index in [-0.39, 0.29) is 10.7 Å². The van der Waals surface area contributed by atoms with Crippen molar-refractivity contribution in [1.82, 2.24) is 5.32 Å². The van der Waals surface area contributed by atoms with Crippen molar-refractivity contribution in [2.45, 2.75) is 30.8 Å². The van der Waals surface area contributed by atoms with Crippen molar-refractivity contribution < 1.29 is 22.4 Å². The molecule has 2 rings (SSSR count). The molecule has 1 aliphatic rings. The van der Waals surface area contributed by atoms with Gasteiger partial charge in [0.1, 0.15) is 5.82 Å². The van der Waals surface area contributed by atoms with E-state index in [0.29, 0.717) is 11.8 Å². The zero-order valence-electron chi connectivity index (χ0n) is 11.2. The van der Waals surface area contributed by atoms with E-state index in [1.165, 1.54) is 18.2 Å². The summed E-state index contributed by atoms with van der Waals surface area (Å²) in [6.07, 6.45) is -4.69. The molecule has 1 N–H and O–H groups in total. The van der Waals surface area contributed by atoms with Gasteiger partial charge >= 0.3 is 6.18 Å². The molecular weight excluding hydrogens is 308 g/mol. The van der Waals surface area contributed by atoms with Gasteiger partial charge in [0.15, 0.2) is 9.91 Å². The minimum absolute atomic E-state index is 0.157. The van der Waals surface area contributed by atoms with E-state index in [1.807, 2.05) is 0 Å². The number of alkyl halides is 3. The van der Waals surface area contributed by atoms with Crippen LogP contribution in [0, 0.1) is 5.82 Å². The highest BCUT2D eigenvalue weighted by atomic mass is 32.2. The monoisotopic (exact) mass is 320 g/mol. The van der Waals surface area contributed by atoms with Crippen LogP contribution >= 0.6 is 11.8 Å². The Morgan fingerprint density at radius 2 is 1.95 bits per heavy atom. The number of hydrogen-bond donors (Lipinski definition) is 1. The van der Waals surface area contributed by atoms with Crippen molar-refractivity contribution in [3.05, 3.63) is 35.6 Å². The van der Waals surface area contributed by atoms with Gasteiger partial charge in [-0.2, -0.15) is 13.2 Å². The highest BCUT2D eigenvalue weighted by Gasteiger charge is 2.61. The number of amidine groups is 1. The van der Waals surface area contributed by atoms with Gasteiger partial charge in [0, 0.05) is 5.56 Å². The van der Waals surface area contributed by atoms with Gasteiger partial charge in [0.2, 0.25) is 0 Å². The molecule has 8 heteroatoms. The summed E-state index contributed by atoms with van der Waals surface area (Å²) in [4.78, 5) is 15.5. The van der Waals surface area contributed by atoms with E-state index in [1.54, 1.807) is 13.0 Å². The fourth-order valence-electron chi connectivity index (χ4n) is 1.79. The second kappa shape index (κ2) is 5.32. The van der Waals surface area contributed by atoms with Crippen LogP contribution in [0.1, 0.15) is 25.5 Å². The van der Waals surface area contributed by atoms with E-state index in [0.717, 1.165) is 6.92 Å². The van der Waals surface area contributed by atoms with Gasteiger partial charge in [-0.05, 0) is 19.9 Å². The summed E-state index contributed by atoms with van der Waals surface area (Å²) in [5, 5.41) is 1.95. The second-order valence-electron chi connectivity index (χ2n) is 4.72. The summed E-state index contributed by atoms with van der Waals surface area (Å²) in [7, 11) is 0. The van der Waals surface area contributed by atoms with Crippen molar-refractivity contribution in [3.8, 4) is 0 Å². The van der Waals surface area contributed by atoms with Gasteiger partial charge in [-0.1, -0.05) is 30.0 Å². The number of aliphatic imine (C=N–C) groups is 1. The minimum atomic E-state index is -4.69. The number of benzene rings is 1. The average Bonchev–Trinajstić information content (AvgIpc) is 2.65. The highest BCUT2D eigenvalue weighted by Crippen LogP contribution is 2.45. The lowest BCUT2D eigenvalue weighted by molar-refractivity contribution is -0.166. The number of nitrogens with zero attached hydrogens (tertiary/aromatic N) is 1. The zero-order valence-corrected chi connectivity index (χ0v) is 12.0. The van der Waals surface area contributed by atoms with Gasteiger partial charge < -0.3 is 5.32 Å². The van der Waals surface area contributed by atoms with Crippen LogP contribution in [0.4, 0.5) is 17.6 Å². The van der Waals surface area contributed by atoms with E-state index in [4.69, 9.17) is 0 Å². The smallest absolute Gasteiger partial charge is 0.304 e. The van der Waals surface area contributed by atoms with Gasteiger partial charge in [0.05, 0.1) is 6.04 Å². The molecule has 1 aromatic carbocycles. The summed E-state index contributed by atoms with van der Waals surface area (Å²) in [6.45, 7) is 2.34. The van der Waals surface area contributed by atoms with E-state index < -0.39 is 28.7 Å². The molecule has 0 radical (unpaired) electrons. The highest BCUT2D eigenvalue weighted by molar-refractivity contribution is 8.16. The topological polar surface area (TPSA) is 41.5 Å². The maximum atomic E-state index is 13.6. The van der Waals surface area contributed by atoms with Crippen molar-refractivity contribution in [1.29, 1.82) is 0 Å². The quantitative estimate of drug-likeness (QED) is 0.848. The number of carbonyl (C=O) groups is 1. The maximum Gasteiger partial charge on any atom is 0.412 e. The molecule has 3 nitrogen and oxygen atoms in total. The molecule has 0 spiro atoms. The summed E-state index contributed by atoms with van der Waals surface area (Å²) in [5.41, 5.74) is 0.250. The lowest BCUT2D eigenvalue weighted by atomic mass is 10.1. The molecular formula is C13H12F4N2OS. The maximum absolute atomic E-state index is 13.6. The van der Waals surface area contributed by atoms with Gasteiger partial charge in [-0.3, -0.25) is 9.79 Å². The predicted molar refractivity (Wildman–Crippen MR) is 72.4 cm³/mol. The minimum Gasteiger partial charge on any atom is -0.304 e. The Labute approximate surface area is 122 Å². The number of rotatable bonds is 2. The molecule has 1 saturated heterocycles. The fraction of sp³-hybridized carbons (Fsp3) is 0.385. The summed E-state index contributed by atoms with van der Waals surface area (Å²) in [6, 6.07) is 5.14. The van der Waals surface area contributed by atoms with Crippen molar-refractivity contribution in [3.63, 3.8) is 0 Å². The second-order valence-corrected chi connectivity index (χ2v) is 6.13. The molecule has 21 heavy (non-hydrogen) atoms. The number of halogens is 4. The molecule has 1 amide bonds. The molecule has 1 aliphatic heterocycles. The Hall–Kier alpha value is -1.57. The van der Waals surface area contributed by atoms with Crippen LogP contribution < -0.4 is 5.32 Å². The van der Waals surface area contributed by atoms with Crippen LogP contribution in [0.15, 0.2) is 29.3 Å². The third-order valence-electron chi connectivity index (χ3n) is 3.16. The Balaban J connectivity index is 2.25. The third-order valence-corrected chi connectivity index (χ3v) is 4.39. The van der Waals surface area contributed by atoms with Crippen LogP contribution in [0.3, 0.4) is 0 Å². The SMILES string of the molecule is C[C@H](N=C1NC(=O)[C@](C)(C(F)(F)F)S1)c1ccccc1F. The predicted octanol–water partition coefficient (Wildman–Crippen LogP) is 3.43. The lowest BCUT2D eigenvalue weighted by Crippen LogP contribution is -2.46. The Bertz CT molecular complexity index is 602. The van der Waals surface area contributed by atoms with Crippen molar-refractivity contribution >= 4 is 22.8 Å². The summed E-state index contributed by atoms with van der Waals surface area (Å²) in [5.74, 6) is -1.67. The molecule has 1 heterocycles. The first kappa shape index (κ1) is 15.8. The first-order chi connectivity index (χ1) is 9.65. The first-order valence-corrected chi connectivity index (χ1v) is 6.86. The van der Waals surface area contributed by atoms with Crippen LogP contribution in [0.25, 0.3) is 0 Å². The van der Waals surface area contributed by atoms with Gasteiger partial charge in [0.25, 0.3) is 5.91 Å². The van der Waals surface area contributed by atoms with E-state index in [9.17, 15) is 22.4 Å². The number of thioether (sulfide) groups is 1. The van der Waals surface area contributed by atoms with E-state index >= 15 is 0 Å². The molecule has 2 atom stereocenters. The molecule has 0 bridgehead atoms. The Morgan fingerprint density at radius 3 is 2.48 bits per heavy atom. The van der Waals surface area contributed by atoms with Crippen molar-refractivity contribution in [2.24, 2.45) is 4.99 Å².